The molecule has 5 rings (SSSR count). The van der Waals surface area contributed by atoms with E-state index in [1.54, 1.807) is 23.2 Å². The van der Waals surface area contributed by atoms with Crippen LogP contribution in [0.1, 0.15) is 52.4 Å². The number of carbonyl (C=O) groups is 2. The van der Waals surface area contributed by atoms with Gasteiger partial charge in [-0.3, -0.25) is 9.59 Å². The average Bonchev–Trinajstić information content (AvgIpc) is 3.40. The van der Waals surface area contributed by atoms with Gasteiger partial charge in [-0.15, -0.1) is 0 Å². The molecule has 35 heavy (non-hydrogen) atoms. The maximum atomic E-state index is 13.9. The first-order valence-corrected chi connectivity index (χ1v) is 12.8. The summed E-state index contributed by atoms with van der Waals surface area (Å²) < 4.78 is 20.1. The molecular formula is C28H34FN3O3. The number of nitrogens with zero attached hydrogens (tertiary/aromatic N) is 2. The Hall–Kier alpha value is -2.96. The molecule has 1 saturated heterocycles. The quantitative estimate of drug-likeness (QED) is 0.638. The van der Waals surface area contributed by atoms with E-state index in [4.69, 9.17) is 4.74 Å². The lowest BCUT2D eigenvalue weighted by Crippen LogP contribution is -2.47. The molecule has 1 aromatic carbocycles. The number of ether oxygens (including phenoxy) is 1. The van der Waals surface area contributed by atoms with Crippen LogP contribution in [0.5, 0.6) is 5.88 Å². The van der Waals surface area contributed by atoms with Crippen LogP contribution >= 0.6 is 0 Å². The Morgan fingerprint density at radius 2 is 1.97 bits per heavy atom. The molecule has 0 spiro atoms. The molecule has 2 fully saturated rings. The molecule has 1 N–H and O–H groups in total. The number of aromatic nitrogens is 1. The summed E-state index contributed by atoms with van der Waals surface area (Å²) in [6.45, 7) is 4.69. The molecule has 0 bridgehead atoms. The van der Waals surface area contributed by atoms with Crippen molar-refractivity contribution < 1.29 is 18.7 Å². The van der Waals surface area contributed by atoms with Gasteiger partial charge in [0.25, 0.3) is 0 Å². The van der Waals surface area contributed by atoms with E-state index in [9.17, 15) is 14.0 Å². The smallest absolute Gasteiger partial charge is 0.243 e. The fourth-order valence-corrected chi connectivity index (χ4v) is 5.60. The summed E-state index contributed by atoms with van der Waals surface area (Å²) in [5, 5.41) is 4.57. The number of nitrogens with one attached hydrogen (secondary N) is 1. The van der Waals surface area contributed by atoms with E-state index < -0.39 is 6.04 Å². The predicted octanol–water partition coefficient (Wildman–Crippen LogP) is 4.63. The Labute approximate surface area is 205 Å². The minimum atomic E-state index is -0.570. The highest BCUT2D eigenvalue weighted by atomic mass is 19.1. The number of halogens is 1. The monoisotopic (exact) mass is 479 g/mol. The molecule has 1 aliphatic carbocycles. The predicted molar refractivity (Wildman–Crippen MR) is 132 cm³/mol. The topological polar surface area (TPSA) is 71.5 Å². The van der Waals surface area contributed by atoms with Crippen LogP contribution in [0, 0.1) is 23.6 Å². The molecule has 6 nitrogen and oxygen atoms in total. The van der Waals surface area contributed by atoms with Gasteiger partial charge >= 0.3 is 0 Å². The second-order valence-electron chi connectivity index (χ2n) is 10.7. The van der Waals surface area contributed by atoms with Crippen molar-refractivity contribution in [3.63, 3.8) is 0 Å². The maximum Gasteiger partial charge on any atom is 0.243 e. The molecule has 0 radical (unpaired) electrons. The summed E-state index contributed by atoms with van der Waals surface area (Å²) in [7, 11) is 0. The lowest BCUT2D eigenvalue weighted by Gasteiger charge is -2.25. The van der Waals surface area contributed by atoms with Crippen molar-refractivity contribution in [3.05, 3.63) is 48.4 Å². The van der Waals surface area contributed by atoms with E-state index in [0.717, 1.165) is 31.1 Å². The second-order valence-corrected chi connectivity index (χ2v) is 10.7. The van der Waals surface area contributed by atoms with Gasteiger partial charge in [0, 0.05) is 30.5 Å². The third-order valence-corrected chi connectivity index (χ3v) is 7.56. The van der Waals surface area contributed by atoms with Crippen LogP contribution in [0.2, 0.25) is 0 Å². The Morgan fingerprint density at radius 1 is 1.11 bits per heavy atom. The molecule has 6 atom stereocenters. The third-order valence-electron chi connectivity index (χ3n) is 7.56. The van der Waals surface area contributed by atoms with Crippen molar-refractivity contribution in [3.8, 4) is 5.88 Å². The zero-order valence-electron chi connectivity index (χ0n) is 20.5. The van der Waals surface area contributed by atoms with Crippen LogP contribution in [0.3, 0.4) is 0 Å². The summed E-state index contributed by atoms with van der Waals surface area (Å²) >= 11 is 0. The van der Waals surface area contributed by atoms with E-state index >= 15 is 0 Å². The molecule has 2 amide bonds. The minimum absolute atomic E-state index is 0.00628. The van der Waals surface area contributed by atoms with Gasteiger partial charge < -0.3 is 15.0 Å². The van der Waals surface area contributed by atoms with E-state index in [0.29, 0.717) is 42.5 Å². The third kappa shape index (κ3) is 5.49. The lowest BCUT2D eigenvalue weighted by molar-refractivity contribution is -0.139. The molecule has 2 aromatic rings. The molecule has 7 heteroatoms. The molecule has 3 heterocycles. The van der Waals surface area contributed by atoms with Gasteiger partial charge in [-0.05, 0) is 67.0 Å². The van der Waals surface area contributed by atoms with E-state index in [1.807, 2.05) is 0 Å². The summed E-state index contributed by atoms with van der Waals surface area (Å²) in [6.07, 6.45) is 10.6. The Kier molecular flexibility index (Phi) is 6.76. The molecule has 0 unspecified atom stereocenters. The van der Waals surface area contributed by atoms with Gasteiger partial charge in [0.15, 0.2) is 0 Å². The first-order valence-electron chi connectivity index (χ1n) is 12.8. The first-order chi connectivity index (χ1) is 16.9. The van der Waals surface area contributed by atoms with Crippen LogP contribution in [-0.2, 0) is 9.59 Å². The fraction of sp³-hybridized carbons (Fsp3) is 0.536. The van der Waals surface area contributed by atoms with Crippen molar-refractivity contribution in [2.24, 2.45) is 17.8 Å². The van der Waals surface area contributed by atoms with Gasteiger partial charge in [-0.2, -0.15) is 0 Å². The first kappa shape index (κ1) is 23.8. The van der Waals surface area contributed by atoms with Crippen molar-refractivity contribution in [2.45, 2.75) is 70.6 Å². The number of amides is 2. The number of fused-ring (bicyclic) bond motifs is 3. The van der Waals surface area contributed by atoms with Gasteiger partial charge in [-0.1, -0.05) is 32.1 Å². The zero-order chi connectivity index (χ0) is 24.5. The number of allylic oxidation sites excluding steroid dienone is 1. The second kappa shape index (κ2) is 9.96. The SMILES string of the molecule is C[C@@H]1CC/C=C\[C@@H]2C[C@H]2NC(=O)[C@@H]2C[C@@H](Oc3nccc4ccc(F)cc34)CN2C(=O)C[C@H](C)C1. The van der Waals surface area contributed by atoms with Gasteiger partial charge in [0.2, 0.25) is 17.7 Å². The Bertz CT molecular complexity index is 1140. The standard InChI is InChI=1S/C28H34FN3O3/c1-17-5-3-4-6-20-13-24(20)31-27(34)25-15-22(16-32(25)26(33)12-18(2)11-17)35-28-23-14-21(29)8-7-19(23)9-10-30-28/h4,6-10,14,17-18,20,22,24-25H,3,5,11-13,15-16H2,1-2H3,(H,31,34)/b6-4-/t17-,18-,20-,22-,24-,25+/m1/s1. The van der Waals surface area contributed by atoms with Crippen molar-refractivity contribution in [1.82, 2.24) is 15.2 Å². The Balaban J connectivity index is 1.36. The van der Waals surface area contributed by atoms with Crippen LogP contribution < -0.4 is 10.1 Å². The number of rotatable bonds is 2. The van der Waals surface area contributed by atoms with Crippen molar-refractivity contribution in [2.75, 3.05) is 6.54 Å². The number of benzene rings is 1. The summed E-state index contributed by atoms with van der Waals surface area (Å²) in [4.78, 5) is 32.6. The normalized spacial score (nSPS) is 32.7. The van der Waals surface area contributed by atoms with Gasteiger partial charge in [0.05, 0.1) is 6.54 Å². The minimum Gasteiger partial charge on any atom is -0.472 e. The van der Waals surface area contributed by atoms with Crippen LogP contribution in [0.15, 0.2) is 42.6 Å². The van der Waals surface area contributed by atoms with Crippen molar-refractivity contribution in [1.29, 1.82) is 0 Å². The highest BCUT2D eigenvalue weighted by Crippen LogP contribution is 2.34. The number of hydrogen-bond acceptors (Lipinski definition) is 4. The van der Waals surface area contributed by atoms with Crippen molar-refractivity contribution >= 4 is 22.6 Å². The van der Waals surface area contributed by atoms with E-state index in [-0.39, 0.29) is 35.7 Å². The summed E-state index contributed by atoms with van der Waals surface area (Å²) in [5.41, 5.74) is 0. The van der Waals surface area contributed by atoms with Crippen LogP contribution in [0.4, 0.5) is 4.39 Å². The number of pyridine rings is 1. The molecular weight excluding hydrogens is 445 g/mol. The molecule has 2 aliphatic heterocycles. The largest absolute Gasteiger partial charge is 0.472 e. The summed E-state index contributed by atoms with van der Waals surface area (Å²) in [6, 6.07) is 5.88. The molecule has 1 saturated carbocycles. The van der Waals surface area contributed by atoms with Gasteiger partial charge in [0.1, 0.15) is 18.0 Å². The van der Waals surface area contributed by atoms with Crippen LogP contribution in [-0.4, -0.2) is 46.4 Å². The lowest BCUT2D eigenvalue weighted by atomic mass is 9.91. The molecule has 1 aromatic heterocycles. The Morgan fingerprint density at radius 3 is 2.83 bits per heavy atom. The van der Waals surface area contributed by atoms with Gasteiger partial charge in [-0.25, -0.2) is 9.37 Å². The van der Waals surface area contributed by atoms with E-state index in [2.05, 4.69) is 36.3 Å². The average molecular weight is 480 g/mol. The van der Waals surface area contributed by atoms with Crippen LogP contribution in [0.25, 0.3) is 10.8 Å². The molecule has 3 aliphatic rings. The number of carbonyl (C=O) groups excluding carboxylic acids is 2. The fourth-order valence-electron chi connectivity index (χ4n) is 5.60. The maximum absolute atomic E-state index is 13.9. The molecule has 186 valence electrons. The van der Waals surface area contributed by atoms with E-state index in [1.165, 1.54) is 12.1 Å². The zero-order valence-corrected chi connectivity index (χ0v) is 20.5. The highest BCUT2D eigenvalue weighted by Gasteiger charge is 2.44. The summed E-state index contributed by atoms with van der Waals surface area (Å²) in [5.74, 6) is 1.02. The number of hydrogen-bond donors (Lipinski definition) is 1. The highest BCUT2D eigenvalue weighted by molar-refractivity contribution is 5.89.